The Morgan fingerprint density at radius 2 is 1.65 bits per heavy atom. The van der Waals surface area contributed by atoms with Crippen LogP contribution >= 0.6 is 0 Å². The first-order chi connectivity index (χ1) is 9.02. The van der Waals surface area contributed by atoms with E-state index in [9.17, 15) is 14.7 Å². The molecule has 4 nitrogen and oxygen atoms in total. The van der Waals surface area contributed by atoms with Crippen LogP contribution in [-0.2, 0) is 9.59 Å². The second kappa shape index (κ2) is 5.74. The molecule has 1 fully saturated rings. The average Bonchev–Trinajstić information content (AvgIpc) is 2.26. The van der Waals surface area contributed by atoms with E-state index in [1.54, 1.807) is 4.90 Å². The van der Waals surface area contributed by atoms with Crippen LogP contribution in [0.3, 0.4) is 0 Å². The van der Waals surface area contributed by atoms with Gasteiger partial charge in [0.05, 0.1) is 0 Å². The summed E-state index contributed by atoms with van der Waals surface area (Å²) >= 11 is 0. The number of carboxylic acids is 1. The Morgan fingerprint density at radius 1 is 1.20 bits per heavy atom. The summed E-state index contributed by atoms with van der Waals surface area (Å²) in [6, 6.07) is -0.0882. The van der Waals surface area contributed by atoms with E-state index in [1.165, 1.54) is 6.92 Å². The summed E-state index contributed by atoms with van der Waals surface area (Å²) in [5, 5.41) is 9.75. The molecule has 4 heteroatoms. The van der Waals surface area contributed by atoms with Crippen LogP contribution in [0.5, 0.6) is 0 Å². The van der Waals surface area contributed by atoms with E-state index in [4.69, 9.17) is 0 Å². The van der Waals surface area contributed by atoms with Crippen molar-refractivity contribution in [3.63, 3.8) is 0 Å². The average molecular weight is 283 g/mol. The number of nitrogens with zero attached hydrogens (tertiary/aromatic N) is 1. The van der Waals surface area contributed by atoms with Gasteiger partial charge in [0.15, 0.2) is 0 Å². The number of hydrogen-bond acceptors (Lipinski definition) is 2. The van der Waals surface area contributed by atoms with Crippen molar-refractivity contribution in [2.75, 3.05) is 0 Å². The molecule has 0 unspecified atom stereocenters. The van der Waals surface area contributed by atoms with Crippen LogP contribution in [0, 0.1) is 11.3 Å². The molecule has 0 bridgehead atoms. The molecule has 0 radical (unpaired) electrons. The van der Waals surface area contributed by atoms with Gasteiger partial charge in [-0.2, -0.15) is 0 Å². The molecule has 116 valence electrons. The first-order valence-electron chi connectivity index (χ1n) is 7.55. The molecule has 0 atom stereocenters. The quantitative estimate of drug-likeness (QED) is 0.864. The zero-order chi connectivity index (χ0) is 15.7. The van der Waals surface area contributed by atoms with Gasteiger partial charge in [0.25, 0.3) is 0 Å². The Hall–Kier alpha value is -1.06. The highest BCUT2D eigenvalue weighted by atomic mass is 16.4. The summed E-state index contributed by atoms with van der Waals surface area (Å²) in [5.41, 5.74) is -0.814. The van der Waals surface area contributed by atoms with Crippen LogP contribution in [0.15, 0.2) is 0 Å². The van der Waals surface area contributed by atoms with E-state index in [0.29, 0.717) is 18.8 Å². The molecule has 0 heterocycles. The molecule has 20 heavy (non-hydrogen) atoms. The third-order valence-electron chi connectivity index (χ3n) is 4.75. The molecule has 0 aliphatic heterocycles. The van der Waals surface area contributed by atoms with Crippen LogP contribution in [0.2, 0.25) is 0 Å². The van der Waals surface area contributed by atoms with Gasteiger partial charge in [0, 0.05) is 13.0 Å². The SMILES string of the molecule is CC(=O)N(C(C)C)C1(C(=O)O)CCC(C(C)(C)C)CC1. The van der Waals surface area contributed by atoms with Gasteiger partial charge in [-0.25, -0.2) is 4.79 Å². The van der Waals surface area contributed by atoms with Gasteiger partial charge >= 0.3 is 5.97 Å². The van der Waals surface area contributed by atoms with Crippen LogP contribution in [-0.4, -0.2) is 33.5 Å². The van der Waals surface area contributed by atoms with Gasteiger partial charge in [0.2, 0.25) is 5.91 Å². The molecule has 1 saturated carbocycles. The lowest BCUT2D eigenvalue weighted by Crippen LogP contribution is -2.61. The van der Waals surface area contributed by atoms with E-state index >= 15 is 0 Å². The molecule has 1 aliphatic carbocycles. The summed E-state index contributed by atoms with van der Waals surface area (Å²) in [4.78, 5) is 25.4. The Labute approximate surface area is 122 Å². The van der Waals surface area contributed by atoms with Crippen molar-refractivity contribution in [1.82, 2.24) is 4.90 Å². The van der Waals surface area contributed by atoms with E-state index in [-0.39, 0.29) is 17.4 Å². The fourth-order valence-corrected chi connectivity index (χ4v) is 3.68. The van der Waals surface area contributed by atoms with Crippen molar-refractivity contribution in [1.29, 1.82) is 0 Å². The standard InChI is InChI=1S/C16H29NO3/c1-11(2)17(12(3)18)16(14(19)20)9-7-13(8-10-16)15(4,5)6/h11,13H,7-10H2,1-6H3,(H,19,20). The van der Waals surface area contributed by atoms with Crippen molar-refractivity contribution in [3.8, 4) is 0 Å². The van der Waals surface area contributed by atoms with Gasteiger partial charge in [0.1, 0.15) is 5.54 Å². The second-order valence-corrected chi connectivity index (χ2v) is 7.46. The minimum Gasteiger partial charge on any atom is -0.479 e. The highest BCUT2D eigenvalue weighted by molar-refractivity contribution is 5.86. The van der Waals surface area contributed by atoms with Crippen molar-refractivity contribution in [2.24, 2.45) is 11.3 Å². The van der Waals surface area contributed by atoms with Crippen LogP contribution < -0.4 is 0 Å². The summed E-state index contributed by atoms with van der Waals surface area (Å²) in [6.45, 7) is 11.9. The van der Waals surface area contributed by atoms with E-state index in [2.05, 4.69) is 20.8 Å². The molecule has 1 rings (SSSR count). The highest BCUT2D eigenvalue weighted by Gasteiger charge is 2.50. The smallest absolute Gasteiger partial charge is 0.329 e. The van der Waals surface area contributed by atoms with Gasteiger partial charge < -0.3 is 10.0 Å². The van der Waals surface area contributed by atoms with Crippen LogP contribution in [0.4, 0.5) is 0 Å². The number of carbonyl (C=O) groups excluding carboxylic acids is 1. The molecular formula is C16H29NO3. The fourth-order valence-electron chi connectivity index (χ4n) is 3.68. The monoisotopic (exact) mass is 283 g/mol. The Bertz CT molecular complexity index is 374. The third kappa shape index (κ3) is 3.15. The third-order valence-corrected chi connectivity index (χ3v) is 4.75. The predicted octanol–water partition coefficient (Wildman–Crippen LogP) is 3.30. The number of carbonyl (C=O) groups is 2. The summed E-state index contributed by atoms with van der Waals surface area (Å²) in [6.07, 6.45) is 2.85. The minimum atomic E-state index is -1.01. The van der Waals surface area contributed by atoms with Crippen LogP contribution in [0.25, 0.3) is 0 Å². The molecule has 0 aromatic heterocycles. The first-order valence-corrected chi connectivity index (χ1v) is 7.55. The highest BCUT2D eigenvalue weighted by Crippen LogP contribution is 2.44. The fraction of sp³-hybridized carbons (Fsp3) is 0.875. The molecule has 1 N–H and O–H groups in total. The molecule has 0 aromatic rings. The summed E-state index contributed by atoms with van der Waals surface area (Å²) < 4.78 is 0. The molecular weight excluding hydrogens is 254 g/mol. The number of amides is 1. The second-order valence-electron chi connectivity index (χ2n) is 7.46. The zero-order valence-electron chi connectivity index (χ0n) is 13.7. The minimum absolute atomic E-state index is 0.0882. The van der Waals surface area contributed by atoms with E-state index in [0.717, 1.165) is 12.8 Å². The summed E-state index contributed by atoms with van der Waals surface area (Å²) in [7, 11) is 0. The maximum absolute atomic E-state index is 11.9. The maximum Gasteiger partial charge on any atom is 0.329 e. The number of carboxylic acid groups (broad SMARTS) is 1. The van der Waals surface area contributed by atoms with E-state index < -0.39 is 11.5 Å². The van der Waals surface area contributed by atoms with Crippen molar-refractivity contribution >= 4 is 11.9 Å². The van der Waals surface area contributed by atoms with Crippen molar-refractivity contribution < 1.29 is 14.7 Å². The first kappa shape index (κ1) is 17.0. The maximum atomic E-state index is 11.9. The molecule has 1 aliphatic rings. The van der Waals surface area contributed by atoms with Gasteiger partial charge in [-0.05, 0) is 50.9 Å². The number of rotatable bonds is 3. The van der Waals surface area contributed by atoms with E-state index in [1.807, 2.05) is 13.8 Å². The lowest BCUT2D eigenvalue weighted by molar-refractivity contribution is -0.165. The normalized spacial score (nSPS) is 27.4. The Balaban J connectivity index is 3.03. The number of aliphatic carboxylic acids is 1. The van der Waals surface area contributed by atoms with Crippen molar-refractivity contribution in [3.05, 3.63) is 0 Å². The molecule has 0 aromatic carbocycles. The molecule has 0 spiro atoms. The Morgan fingerprint density at radius 3 is 1.90 bits per heavy atom. The topological polar surface area (TPSA) is 57.6 Å². The largest absolute Gasteiger partial charge is 0.479 e. The summed E-state index contributed by atoms with van der Waals surface area (Å²) in [5.74, 6) is -0.471. The molecule has 1 amide bonds. The molecule has 0 saturated heterocycles. The number of hydrogen-bond donors (Lipinski definition) is 1. The van der Waals surface area contributed by atoms with Gasteiger partial charge in [-0.1, -0.05) is 20.8 Å². The van der Waals surface area contributed by atoms with Crippen molar-refractivity contribution in [2.45, 2.75) is 78.8 Å². The zero-order valence-corrected chi connectivity index (χ0v) is 13.7. The van der Waals surface area contributed by atoms with Gasteiger partial charge in [-0.3, -0.25) is 4.79 Å². The predicted molar refractivity (Wildman–Crippen MR) is 79.4 cm³/mol. The van der Waals surface area contributed by atoms with Crippen LogP contribution in [0.1, 0.15) is 67.2 Å². The van der Waals surface area contributed by atoms with Gasteiger partial charge in [-0.15, -0.1) is 0 Å². The Kier molecular flexibility index (Phi) is 4.88. The lowest BCUT2D eigenvalue weighted by Gasteiger charge is -2.48. The lowest BCUT2D eigenvalue weighted by atomic mass is 9.66.